The van der Waals surface area contributed by atoms with E-state index in [1.807, 2.05) is 31.2 Å². The van der Waals surface area contributed by atoms with Crippen LogP contribution in [-0.2, 0) is 22.9 Å². The van der Waals surface area contributed by atoms with Crippen molar-refractivity contribution in [2.24, 2.45) is 0 Å². The average Bonchev–Trinajstić information content (AvgIpc) is 3.17. The van der Waals surface area contributed by atoms with Crippen molar-refractivity contribution in [2.45, 2.75) is 38.5 Å². The van der Waals surface area contributed by atoms with Crippen molar-refractivity contribution in [3.05, 3.63) is 89.2 Å². The Kier molecular flexibility index (Phi) is 8.77. The summed E-state index contributed by atoms with van der Waals surface area (Å²) in [5.74, 6) is 1.00. The van der Waals surface area contributed by atoms with Gasteiger partial charge >= 0.3 is 6.03 Å². The molecule has 0 saturated carbocycles. The van der Waals surface area contributed by atoms with Crippen LogP contribution in [0.4, 0.5) is 4.79 Å². The molecule has 0 fully saturated rings. The van der Waals surface area contributed by atoms with Crippen molar-refractivity contribution >= 4 is 56.6 Å². The number of nitrogens with one attached hydrogen (secondary N) is 2. The van der Waals surface area contributed by atoms with Crippen LogP contribution in [0, 0.1) is 13.8 Å². The number of urea groups is 1. The number of hydrogen-bond donors (Lipinski definition) is 2. The van der Waals surface area contributed by atoms with Crippen molar-refractivity contribution in [2.75, 3.05) is 6.54 Å². The minimum atomic E-state index is -3.90. The maximum absolute atomic E-state index is 12.3. The van der Waals surface area contributed by atoms with Crippen LogP contribution >= 0.6 is 0 Å². The van der Waals surface area contributed by atoms with Gasteiger partial charge in [0.2, 0.25) is 0 Å². The van der Waals surface area contributed by atoms with Gasteiger partial charge in [-0.15, -0.1) is 0 Å². The van der Waals surface area contributed by atoms with Gasteiger partial charge in [0.1, 0.15) is 5.82 Å². The van der Waals surface area contributed by atoms with Gasteiger partial charge in [0.15, 0.2) is 0 Å². The molecule has 1 heterocycles. The largest absolute Gasteiger partial charge is 0.337 e. The maximum Gasteiger partial charge on any atom is 0.328 e. The summed E-state index contributed by atoms with van der Waals surface area (Å²) >= 11 is 0. The molecule has 0 atom stereocenters. The second-order valence-electron chi connectivity index (χ2n) is 8.30. The third-order valence-corrected chi connectivity index (χ3v) is 6.99. The smallest absolute Gasteiger partial charge is 0.328 e. The zero-order chi connectivity index (χ0) is 24.3. The van der Waals surface area contributed by atoms with Crippen LogP contribution in [0.25, 0.3) is 16.7 Å². The van der Waals surface area contributed by atoms with E-state index in [-0.39, 0.29) is 34.5 Å². The molecular weight excluding hydrogens is 471 g/mol. The van der Waals surface area contributed by atoms with Crippen molar-refractivity contribution in [3.8, 4) is 5.69 Å². The first kappa shape index (κ1) is 26.9. The quantitative estimate of drug-likeness (QED) is 0.375. The van der Waals surface area contributed by atoms with Crippen LogP contribution < -0.4 is 10.0 Å². The molecule has 4 rings (SSSR count). The number of hydrogen-bond acceptors (Lipinski definition) is 4. The van der Waals surface area contributed by atoms with Crippen LogP contribution in [0.15, 0.2) is 71.6 Å². The molecule has 177 valence electrons. The molecule has 0 aliphatic heterocycles. The Hall–Kier alpha value is -2.65. The van der Waals surface area contributed by atoms with Crippen LogP contribution in [0.2, 0.25) is 0 Å². The third kappa shape index (κ3) is 6.32. The van der Waals surface area contributed by atoms with Gasteiger partial charge in [0.25, 0.3) is 10.0 Å². The molecule has 3 aromatic carbocycles. The Bertz CT molecular complexity index is 1430. The van der Waals surface area contributed by atoms with E-state index in [4.69, 9.17) is 4.98 Å². The second-order valence-corrected chi connectivity index (χ2v) is 9.98. The molecule has 0 bridgehead atoms. The van der Waals surface area contributed by atoms with E-state index in [0.717, 1.165) is 40.1 Å². The fourth-order valence-corrected chi connectivity index (χ4v) is 4.76. The van der Waals surface area contributed by atoms with Gasteiger partial charge in [-0.2, -0.15) is 0 Å². The molecule has 1 radical (unpaired) electrons. The summed E-state index contributed by atoms with van der Waals surface area (Å²) in [6.07, 6.45) is 1.39. The molecule has 9 heteroatoms. The van der Waals surface area contributed by atoms with Gasteiger partial charge in [0.05, 0.1) is 15.9 Å². The SMILES string of the molecule is CCc1nc2cc(C)ccc2n1-c1ccc(CCNC(=O)NS(=O)(=O)c2ccc(C)cc2)cc1.[Na]. The van der Waals surface area contributed by atoms with Crippen LogP contribution in [0.5, 0.6) is 0 Å². The summed E-state index contributed by atoms with van der Waals surface area (Å²) in [5, 5.41) is 2.61. The van der Waals surface area contributed by atoms with Gasteiger partial charge in [-0.3, -0.25) is 4.57 Å². The second kappa shape index (κ2) is 11.4. The Labute approximate surface area is 228 Å². The first-order valence-corrected chi connectivity index (χ1v) is 12.7. The number of benzene rings is 3. The summed E-state index contributed by atoms with van der Waals surface area (Å²) in [4.78, 5) is 16.9. The Morgan fingerprint density at radius 1 is 0.943 bits per heavy atom. The number of nitrogens with zero attached hydrogens (tertiary/aromatic N) is 2. The number of aryl methyl sites for hydroxylation is 3. The van der Waals surface area contributed by atoms with Gasteiger partial charge in [0, 0.05) is 48.2 Å². The van der Waals surface area contributed by atoms with Crippen molar-refractivity contribution < 1.29 is 13.2 Å². The van der Waals surface area contributed by atoms with E-state index in [1.165, 1.54) is 17.7 Å². The maximum atomic E-state index is 12.3. The van der Waals surface area contributed by atoms with E-state index >= 15 is 0 Å². The summed E-state index contributed by atoms with van der Waals surface area (Å²) in [6, 6.07) is 20.0. The molecule has 35 heavy (non-hydrogen) atoms. The number of sulfonamides is 1. The molecule has 2 amide bonds. The summed E-state index contributed by atoms with van der Waals surface area (Å²) in [5.41, 5.74) is 6.24. The molecule has 0 aliphatic rings. The number of carbonyl (C=O) groups excluding carboxylic acids is 1. The van der Waals surface area contributed by atoms with E-state index in [2.05, 4.69) is 46.7 Å². The Morgan fingerprint density at radius 2 is 1.60 bits per heavy atom. The normalized spacial score (nSPS) is 11.2. The fraction of sp³-hybridized carbons (Fsp3) is 0.231. The number of amides is 2. The van der Waals surface area contributed by atoms with Crippen molar-refractivity contribution in [3.63, 3.8) is 0 Å². The molecule has 4 aromatic rings. The number of aromatic nitrogens is 2. The molecule has 2 N–H and O–H groups in total. The molecule has 7 nitrogen and oxygen atoms in total. The van der Waals surface area contributed by atoms with Gasteiger partial charge in [-0.1, -0.05) is 42.8 Å². The summed E-state index contributed by atoms with van der Waals surface area (Å²) in [7, 11) is -3.90. The van der Waals surface area contributed by atoms with Gasteiger partial charge in [-0.05, 0) is 67.8 Å². The van der Waals surface area contributed by atoms with Gasteiger partial charge < -0.3 is 5.32 Å². The van der Waals surface area contributed by atoms with Crippen LogP contribution in [0.3, 0.4) is 0 Å². The summed E-state index contributed by atoms with van der Waals surface area (Å²) in [6.45, 7) is 6.33. The zero-order valence-corrected chi connectivity index (χ0v) is 23.3. The van der Waals surface area contributed by atoms with E-state index in [9.17, 15) is 13.2 Å². The first-order valence-electron chi connectivity index (χ1n) is 11.2. The standard InChI is InChI=1S/C26H28N4O3S.Na/c1-4-25-28-23-17-19(3)7-14-24(23)30(25)21-10-8-20(9-11-21)15-16-27-26(31)29-34(32,33)22-12-5-18(2)6-13-22;/h5-14,17H,4,15-16H2,1-3H3,(H2,27,29,31);. The molecule has 0 saturated heterocycles. The van der Waals surface area contributed by atoms with Gasteiger partial charge in [-0.25, -0.2) is 22.9 Å². The Balaban J connectivity index is 0.00000342. The predicted octanol–water partition coefficient (Wildman–Crippen LogP) is 4.05. The molecular formula is C26H28N4NaO3S. The van der Waals surface area contributed by atoms with E-state index in [1.54, 1.807) is 12.1 Å². The number of carbonyl (C=O) groups is 1. The molecule has 0 aliphatic carbocycles. The monoisotopic (exact) mass is 499 g/mol. The predicted molar refractivity (Wildman–Crippen MR) is 140 cm³/mol. The number of rotatable bonds is 7. The number of fused-ring (bicyclic) bond motifs is 1. The first-order chi connectivity index (χ1) is 16.3. The molecule has 0 spiro atoms. The van der Waals surface area contributed by atoms with Crippen LogP contribution in [0.1, 0.15) is 29.4 Å². The minimum Gasteiger partial charge on any atom is -0.337 e. The minimum absolute atomic E-state index is 0. The zero-order valence-electron chi connectivity index (χ0n) is 20.5. The van der Waals surface area contributed by atoms with Crippen molar-refractivity contribution in [1.29, 1.82) is 0 Å². The van der Waals surface area contributed by atoms with E-state index in [0.29, 0.717) is 13.0 Å². The number of imidazole rings is 1. The van der Waals surface area contributed by atoms with Crippen LogP contribution in [-0.4, -0.2) is 60.1 Å². The topological polar surface area (TPSA) is 93.1 Å². The molecule has 1 aromatic heterocycles. The van der Waals surface area contributed by atoms with E-state index < -0.39 is 16.1 Å². The third-order valence-electron chi connectivity index (χ3n) is 5.65. The summed E-state index contributed by atoms with van der Waals surface area (Å²) < 4.78 is 28.9. The molecule has 0 unspecified atom stereocenters. The van der Waals surface area contributed by atoms with Crippen molar-refractivity contribution in [1.82, 2.24) is 19.6 Å². The fourth-order valence-electron chi connectivity index (χ4n) is 3.83. The average molecular weight is 500 g/mol. The Morgan fingerprint density at radius 3 is 2.26 bits per heavy atom.